The Morgan fingerprint density at radius 1 is 1.11 bits per heavy atom. The summed E-state index contributed by atoms with van der Waals surface area (Å²) in [4.78, 5) is 33.8. The number of rotatable bonds is 6. The van der Waals surface area contributed by atoms with E-state index >= 15 is 0 Å². The second-order valence-corrected chi connectivity index (χ2v) is 10.1. The summed E-state index contributed by atoms with van der Waals surface area (Å²) in [6, 6.07) is 14.4. The zero-order chi connectivity index (χ0) is 25.1. The number of aryl methyl sites for hydroxylation is 1. The highest BCUT2D eigenvalue weighted by Gasteiger charge is 2.31. The van der Waals surface area contributed by atoms with Crippen LogP contribution in [0.2, 0.25) is 0 Å². The molecule has 7 nitrogen and oxygen atoms in total. The van der Waals surface area contributed by atoms with E-state index in [1.165, 1.54) is 22.5 Å². The highest BCUT2D eigenvalue weighted by molar-refractivity contribution is 7.09. The third-order valence-corrected chi connectivity index (χ3v) is 7.62. The number of benzene rings is 2. The number of hydrogen-bond acceptors (Lipinski definition) is 6. The molecule has 2 aromatic carbocycles. The fourth-order valence-electron chi connectivity index (χ4n) is 4.81. The van der Waals surface area contributed by atoms with E-state index in [-0.39, 0.29) is 24.5 Å². The van der Waals surface area contributed by atoms with E-state index in [0.29, 0.717) is 45.0 Å². The van der Waals surface area contributed by atoms with Crippen molar-refractivity contribution in [2.75, 3.05) is 32.8 Å². The van der Waals surface area contributed by atoms with E-state index in [2.05, 4.69) is 48.3 Å². The fraction of sp³-hybridized carbons (Fsp3) is 0.393. The van der Waals surface area contributed by atoms with Crippen LogP contribution in [-0.4, -0.2) is 59.4 Å². The van der Waals surface area contributed by atoms with Crippen LogP contribution in [0.3, 0.4) is 0 Å². The van der Waals surface area contributed by atoms with Crippen LogP contribution in [0.25, 0.3) is 0 Å². The summed E-state index contributed by atoms with van der Waals surface area (Å²) in [5, 5.41) is 2.55. The fourth-order valence-corrected chi connectivity index (χ4v) is 5.49. The molecular formula is C28H31N3O4S. The highest BCUT2D eigenvalue weighted by Crippen LogP contribution is 2.37. The Kier molecular flexibility index (Phi) is 7.34. The smallest absolute Gasteiger partial charge is 0.273 e. The van der Waals surface area contributed by atoms with Gasteiger partial charge in [0.1, 0.15) is 23.1 Å². The topological polar surface area (TPSA) is 72.0 Å². The normalized spacial score (nSPS) is 17.6. The number of ether oxygens (including phenoxy) is 2. The standard InChI is InChI=1S/C28H31N3O4S/c1-3-26(32)31-11-10-20-8-9-22(16-23(20)27(31)21-6-4-19(2)5-7-21)35-17-25-29-24(18-36-25)28(33)30-12-14-34-15-13-30/h4-9,16,18,27H,3,10-15,17H2,1-2H3/t27-/m1/s1. The van der Waals surface area contributed by atoms with Crippen molar-refractivity contribution in [3.05, 3.63) is 80.8 Å². The molecule has 0 unspecified atom stereocenters. The number of morpholine rings is 1. The van der Waals surface area contributed by atoms with Crippen LogP contribution in [0.15, 0.2) is 47.8 Å². The highest BCUT2D eigenvalue weighted by atomic mass is 32.1. The Morgan fingerprint density at radius 3 is 2.64 bits per heavy atom. The van der Waals surface area contributed by atoms with Gasteiger partial charge in [-0.2, -0.15) is 0 Å². The Bertz CT molecular complexity index is 1230. The minimum absolute atomic E-state index is 0.0591. The molecule has 188 valence electrons. The zero-order valence-electron chi connectivity index (χ0n) is 20.7. The van der Waals surface area contributed by atoms with Gasteiger partial charge in [-0.15, -0.1) is 11.3 Å². The molecule has 0 N–H and O–H groups in total. The van der Waals surface area contributed by atoms with Gasteiger partial charge in [0.2, 0.25) is 5.91 Å². The summed E-state index contributed by atoms with van der Waals surface area (Å²) < 4.78 is 11.5. The molecule has 5 rings (SSSR count). The Balaban J connectivity index is 1.34. The summed E-state index contributed by atoms with van der Waals surface area (Å²) in [5.41, 5.74) is 5.09. The Labute approximate surface area is 215 Å². The minimum atomic E-state index is -0.136. The molecule has 1 saturated heterocycles. The molecule has 3 aromatic rings. The molecule has 0 spiro atoms. The van der Waals surface area contributed by atoms with Crippen molar-refractivity contribution < 1.29 is 19.1 Å². The quantitative estimate of drug-likeness (QED) is 0.497. The lowest BCUT2D eigenvalue weighted by molar-refractivity contribution is -0.132. The van der Waals surface area contributed by atoms with Crippen molar-refractivity contribution in [1.82, 2.24) is 14.8 Å². The zero-order valence-corrected chi connectivity index (χ0v) is 21.6. The van der Waals surface area contributed by atoms with E-state index in [1.54, 1.807) is 10.3 Å². The molecule has 1 fully saturated rings. The maximum absolute atomic E-state index is 12.8. The Morgan fingerprint density at radius 2 is 1.89 bits per heavy atom. The lowest BCUT2D eigenvalue weighted by atomic mass is 9.87. The molecule has 0 radical (unpaired) electrons. The molecule has 36 heavy (non-hydrogen) atoms. The molecule has 2 aliphatic rings. The van der Waals surface area contributed by atoms with Gasteiger partial charge in [-0.25, -0.2) is 4.98 Å². The molecule has 0 saturated carbocycles. The van der Waals surface area contributed by atoms with Gasteiger partial charge in [-0.05, 0) is 42.2 Å². The number of carbonyl (C=O) groups is 2. The molecule has 0 bridgehead atoms. The maximum Gasteiger partial charge on any atom is 0.273 e. The van der Waals surface area contributed by atoms with E-state index in [0.717, 1.165) is 28.3 Å². The predicted molar refractivity (Wildman–Crippen MR) is 138 cm³/mol. The number of thiazole rings is 1. The van der Waals surface area contributed by atoms with Crippen LogP contribution in [0.1, 0.15) is 57.1 Å². The van der Waals surface area contributed by atoms with Crippen molar-refractivity contribution in [3.63, 3.8) is 0 Å². The summed E-state index contributed by atoms with van der Waals surface area (Å²) >= 11 is 1.43. The van der Waals surface area contributed by atoms with Crippen molar-refractivity contribution in [1.29, 1.82) is 0 Å². The molecule has 1 atom stereocenters. The second kappa shape index (κ2) is 10.8. The maximum atomic E-state index is 12.8. The Hall–Kier alpha value is -3.23. The van der Waals surface area contributed by atoms with Gasteiger partial charge in [0.15, 0.2) is 0 Å². The largest absolute Gasteiger partial charge is 0.486 e. The molecule has 2 amide bonds. The number of carbonyl (C=O) groups excluding carboxylic acids is 2. The van der Waals surface area contributed by atoms with Crippen molar-refractivity contribution >= 4 is 23.2 Å². The van der Waals surface area contributed by atoms with Gasteiger partial charge in [0, 0.05) is 31.4 Å². The molecule has 8 heteroatoms. The van der Waals surface area contributed by atoms with Crippen LogP contribution in [-0.2, 0) is 22.6 Å². The van der Waals surface area contributed by atoms with Gasteiger partial charge in [-0.3, -0.25) is 9.59 Å². The van der Waals surface area contributed by atoms with Crippen molar-refractivity contribution in [2.24, 2.45) is 0 Å². The van der Waals surface area contributed by atoms with Crippen LogP contribution in [0.5, 0.6) is 5.75 Å². The summed E-state index contributed by atoms with van der Waals surface area (Å²) in [5.74, 6) is 0.821. The van der Waals surface area contributed by atoms with Crippen molar-refractivity contribution in [2.45, 2.75) is 39.3 Å². The summed E-state index contributed by atoms with van der Waals surface area (Å²) in [7, 11) is 0. The number of aromatic nitrogens is 1. The third kappa shape index (κ3) is 5.15. The number of amides is 2. The van der Waals surface area contributed by atoms with Gasteiger partial charge >= 0.3 is 0 Å². The minimum Gasteiger partial charge on any atom is -0.486 e. The van der Waals surface area contributed by atoms with Crippen LogP contribution in [0, 0.1) is 6.92 Å². The second-order valence-electron chi connectivity index (χ2n) is 9.18. The van der Waals surface area contributed by atoms with Crippen LogP contribution >= 0.6 is 11.3 Å². The number of fused-ring (bicyclic) bond motifs is 1. The van der Waals surface area contributed by atoms with Crippen LogP contribution < -0.4 is 4.74 Å². The molecule has 0 aliphatic carbocycles. The average Bonchev–Trinajstić information content (AvgIpc) is 3.40. The number of nitrogens with zero attached hydrogens (tertiary/aromatic N) is 3. The van der Waals surface area contributed by atoms with E-state index in [1.807, 2.05) is 17.9 Å². The lowest BCUT2D eigenvalue weighted by Crippen LogP contribution is -2.40. The van der Waals surface area contributed by atoms with Crippen LogP contribution in [0.4, 0.5) is 0 Å². The van der Waals surface area contributed by atoms with Gasteiger partial charge in [0.25, 0.3) is 5.91 Å². The van der Waals surface area contributed by atoms with Gasteiger partial charge in [-0.1, -0.05) is 42.8 Å². The summed E-state index contributed by atoms with van der Waals surface area (Å²) in [6.45, 7) is 7.29. The molecule has 3 heterocycles. The monoisotopic (exact) mass is 505 g/mol. The summed E-state index contributed by atoms with van der Waals surface area (Å²) in [6.07, 6.45) is 1.30. The molecule has 2 aliphatic heterocycles. The van der Waals surface area contributed by atoms with Crippen molar-refractivity contribution in [3.8, 4) is 5.75 Å². The first-order valence-corrected chi connectivity index (χ1v) is 13.3. The molecular weight excluding hydrogens is 474 g/mol. The first-order valence-electron chi connectivity index (χ1n) is 12.5. The first-order chi connectivity index (χ1) is 17.5. The first kappa shape index (κ1) is 24.5. The van der Waals surface area contributed by atoms with E-state index < -0.39 is 0 Å². The SMILES string of the molecule is CCC(=O)N1CCc2ccc(OCc3nc(C(=O)N4CCOCC4)cs3)cc2[C@H]1c1ccc(C)cc1. The molecule has 1 aromatic heterocycles. The van der Waals surface area contributed by atoms with E-state index in [9.17, 15) is 9.59 Å². The number of hydrogen-bond donors (Lipinski definition) is 0. The van der Waals surface area contributed by atoms with E-state index in [4.69, 9.17) is 9.47 Å². The lowest BCUT2D eigenvalue weighted by Gasteiger charge is -2.38. The average molecular weight is 506 g/mol. The third-order valence-electron chi connectivity index (χ3n) is 6.79. The van der Waals surface area contributed by atoms with Gasteiger partial charge in [0.05, 0.1) is 19.3 Å². The van der Waals surface area contributed by atoms with Gasteiger partial charge < -0.3 is 19.3 Å². The predicted octanol–water partition coefficient (Wildman–Crippen LogP) is 4.39.